The van der Waals surface area contributed by atoms with Crippen molar-refractivity contribution in [1.82, 2.24) is 0 Å². The first kappa shape index (κ1) is 41.7. The van der Waals surface area contributed by atoms with Crippen LogP contribution >= 0.6 is 11.3 Å². The van der Waals surface area contributed by atoms with E-state index in [0.29, 0.717) is 0 Å². The van der Waals surface area contributed by atoms with E-state index in [1.807, 2.05) is 29.7 Å². The van der Waals surface area contributed by atoms with E-state index in [2.05, 4.69) is 201 Å². The molecule has 0 amide bonds. The van der Waals surface area contributed by atoms with Crippen molar-refractivity contribution in [2.24, 2.45) is 0 Å². The van der Waals surface area contributed by atoms with Gasteiger partial charge in [-0.2, -0.15) is 0 Å². The first-order valence-electron chi connectivity index (χ1n) is 23.7. The van der Waals surface area contributed by atoms with Gasteiger partial charge in [0.05, 0.1) is 23.3 Å². The largest absolute Gasteiger partial charge is 0.464 e. The maximum Gasteiger partial charge on any atom is 0.264 e. The van der Waals surface area contributed by atoms with E-state index in [0.717, 1.165) is 38.8 Å². The molecule has 5 heterocycles. The number of rotatable bonds is 4. The molecule has 0 saturated carbocycles. The van der Waals surface area contributed by atoms with Gasteiger partial charge in [-0.3, -0.25) is 0 Å². The monoisotopic (exact) mass is 890 g/mol. The third-order valence-corrected chi connectivity index (χ3v) is 15.7. The number of fused-ring (bicyclic) bond motifs is 8. The Morgan fingerprint density at radius 1 is 0.522 bits per heavy atom. The van der Waals surface area contributed by atoms with Crippen LogP contribution in [0.1, 0.15) is 80.5 Å². The zero-order valence-electron chi connectivity index (χ0n) is 40.4. The maximum atomic E-state index is 6.60. The van der Waals surface area contributed by atoms with Crippen LogP contribution in [0.5, 0.6) is 0 Å². The molecule has 7 aromatic carbocycles. The summed E-state index contributed by atoms with van der Waals surface area (Å²) >= 11 is 1.96. The molecule has 10 aromatic rings. The van der Waals surface area contributed by atoms with Gasteiger partial charge >= 0.3 is 0 Å². The molecule has 12 rings (SSSR count). The van der Waals surface area contributed by atoms with Crippen molar-refractivity contribution in [2.75, 3.05) is 9.80 Å². The van der Waals surface area contributed by atoms with Gasteiger partial charge in [0, 0.05) is 53.8 Å². The van der Waals surface area contributed by atoms with Crippen molar-refractivity contribution in [3.05, 3.63) is 173 Å². The van der Waals surface area contributed by atoms with Gasteiger partial charge < -0.3 is 18.6 Å². The molecule has 2 aliphatic rings. The number of hydrogen-bond acceptors (Lipinski definition) is 5. The summed E-state index contributed by atoms with van der Waals surface area (Å²) in [4.78, 5) is 5.25. The Hall–Kier alpha value is -6.76. The molecule has 0 spiro atoms. The van der Waals surface area contributed by atoms with Crippen LogP contribution in [0.15, 0.2) is 142 Å². The summed E-state index contributed by atoms with van der Waals surface area (Å²) in [7, 11) is 0. The molecule has 0 fully saturated rings. The first-order chi connectivity index (χ1) is 32.0. The van der Waals surface area contributed by atoms with Gasteiger partial charge in [-0.15, -0.1) is 11.3 Å². The lowest BCUT2D eigenvalue weighted by Gasteiger charge is -2.44. The van der Waals surface area contributed by atoms with Gasteiger partial charge in [0.25, 0.3) is 6.71 Å². The van der Waals surface area contributed by atoms with E-state index in [-0.39, 0.29) is 17.5 Å². The number of para-hydroxylation sites is 2. The highest BCUT2D eigenvalue weighted by molar-refractivity contribution is 7.33. The number of thiophene rings is 1. The van der Waals surface area contributed by atoms with E-state index in [4.69, 9.17) is 8.83 Å². The van der Waals surface area contributed by atoms with E-state index in [9.17, 15) is 0 Å². The number of nitrogens with zero attached hydrogens (tertiary/aromatic N) is 2. The van der Waals surface area contributed by atoms with Crippen LogP contribution in [0, 0.1) is 34.6 Å². The topological polar surface area (TPSA) is 32.8 Å². The maximum absolute atomic E-state index is 6.60. The average molecular weight is 891 g/mol. The van der Waals surface area contributed by atoms with Gasteiger partial charge in [0.1, 0.15) is 16.9 Å². The normalized spacial score (nSPS) is 13.5. The Kier molecular flexibility index (Phi) is 9.09. The number of furan rings is 2. The molecule has 0 radical (unpaired) electrons. The molecular formula is C61H55BN2O2S. The van der Waals surface area contributed by atoms with Gasteiger partial charge in [-0.05, 0) is 162 Å². The second-order valence-electron chi connectivity index (χ2n) is 21.3. The quantitative estimate of drug-likeness (QED) is 0.165. The predicted molar refractivity (Wildman–Crippen MR) is 287 cm³/mol. The van der Waals surface area contributed by atoms with Crippen LogP contribution in [-0.2, 0) is 10.8 Å². The van der Waals surface area contributed by atoms with Crippen LogP contribution in [0.3, 0.4) is 0 Å². The standard InChI is InChI=1S/C61H55BN2O2S/c1-34-24-49-55-50(25-34)64(57-35(2)26-41(27-36(57)3)46-33-65-52-19-15-13-17-44(46)52)58-45-32-42(60(6,7)8)21-23-54(45)67-59(58)62(55)47-22-20-40(53-31-39-16-12-14-18-51(39)66-53)30-48(47)63(49)56-37(4)28-43(29-38(56)5)61(9,10)11/h12-33H,1-11H3. The van der Waals surface area contributed by atoms with Crippen LogP contribution in [-0.4, -0.2) is 6.71 Å². The van der Waals surface area contributed by atoms with Gasteiger partial charge in [-0.25, -0.2) is 0 Å². The minimum absolute atomic E-state index is 0.00468. The second kappa shape index (κ2) is 14.6. The second-order valence-corrected chi connectivity index (χ2v) is 22.4. The summed E-state index contributed by atoms with van der Waals surface area (Å²) in [5.41, 5.74) is 24.1. The van der Waals surface area contributed by atoms with Crippen molar-refractivity contribution in [2.45, 2.75) is 87.0 Å². The van der Waals surface area contributed by atoms with Crippen LogP contribution < -0.4 is 25.5 Å². The number of aryl methyl sites for hydroxylation is 5. The lowest BCUT2D eigenvalue weighted by molar-refractivity contribution is 0.589. The molecule has 6 heteroatoms. The number of anilines is 6. The minimum atomic E-state index is -0.0196. The molecule has 0 unspecified atom stereocenters. The Labute approximate surface area is 398 Å². The zero-order valence-corrected chi connectivity index (χ0v) is 41.2. The van der Waals surface area contributed by atoms with Crippen molar-refractivity contribution in [1.29, 1.82) is 0 Å². The van der Waals surface area contributed by atoms with Crippen LogP contribution in [0.25, 0.3) is 54.5 Å². The summed E-state index contributed by atoms with van der Waals surface area (Å²) in [5.74, 6) is 0.876. The van der Waals surface area contributed by atoms with Crippen molar-refractivity contribution < 1.29 is 8.83 Å². The Morgan fingerprint density at radius 3 is 1.87 bits per heavy atom. The molecule has 67 heavy (non-hydrogen) atoms. The molecule has 0 aliphatic carbocycles. The molecule has 0 N–H and O–H groups in total. The summed E-state index contributed by atoms with van der Waals surface area (Å²) in [6.07, 6.45) is 1.92. The average Bonchev–Trinajstić information content (AvgIpc) is 4.02. The smallest absolute Gasteiger partial charge is 0.264 e. The summed E-state index contributed by atoms with van der Waals surface area (Å²) in [6.45, 7) is 25.4. The third kappa shape index (κ3) is 6.39. The fraction of sp³-hybridized carbons (Fsp3) is 0.213. The van der Waals surface area contributed by atoms with Gasteiger partial charge in [0.2, 0.25) is 0 Å². The number of benzene rings is 7. The fourth-order valence-electron chi connectivity index (χ4n) is 11.2. The number of hydrogen-bond donors (Lipinski definition) is 0. The fourth-order valence-corrected chi connectivity index (χ4v) is 12.5. The van der Waals surface area contributed by atoms with Crippen molar-refractivity contribution >= 4 is 99.9 Å². The first-order valence-corrected chi connectivity index (χ1v) is 24.5. The molecule has 4 nitrogen and oxygen atoms in total. The van der Waals surface area contributed by atoms with E-state index < -0.39 is 0 Å². The highest BCUT2D eigenvalue weighted by Gasteiger charge is 2.46. The van der Waals surface area contributed by atoms with Crippen molar-refractivity contribution in [3.8, 4) is 22.5 Å². The Morgan fingerprint density at radius 2 is 1.16 bits per heavy atom. The highest BCUT2D eigenvalue weighted by atomic mass is 32.1. The summed E-state index contributed by atoms with van der Waals surface area (Å²) in [5, 5.41) is 3.54. The van der Waals surface area contributed by atoms with E-state index in [1.54, 1.807) is 0 Å². The molecule has 0 bridgehead atoms. The molecule has 3 aromatic heterocycles. The summed E-state index contributed by atoms with van der Waals surface area (Å²) in [6, 6.07) is 47.6. The molecule has 330 valence electrons. The molecule has 0 saturated heterocycles. The van der Waals surface area contributed by atoms with E-state index in [1.165, 1.54) is 104 Å². The van der Waals surface area contributed by atoms with E-state index >= 15 is 0 Å². The van der Waals surface area contributed by atoms with Gasteiger partial charge in [0.15, 0.2) is 0 Å². The minimum Gasteiger partial charge on any atom is -0.464 e. The predicted octanol–water partition coefficient (Wildman–Crippen LogP) is 15.9. The lowest BCUT2D eigenvalue weighted by atomic mass is 9.36. The molecule has 2 aliphatic heterocycles. The van der Waals surface area contributed by atoms with Crippen LogP contribution in [0.2, 0.25) is 0 Å². The van der Waals surface area contributed by atoms with Crippen LogP contribution in [0.4, 0.5) is 34.1 Å². The molecule has 0 atom stereocenters. The summed E-state index contributed by atoms with van der Waals surface area (Å²) < 4.78 is 15.4. The Bertz CT molecular complexity index is 3620. The third-order valence-electron chi connectivity index (χ3n) is 14.5. The van der Waals surface area contributed by atoms with Gasteiger partial charge in [-0.1, -0.05) is 108 Å². The lowest BCUT2D eigenvalue weighted by Crippen LogP contribution is -2.60. The van der Waals surface area contributed by atoms with Crippen molar-refractivity contribution in [3.63, 3.8) is 0 Å². The molecular weight excluding hydrogens is 836 g/mol. The SMILES string of the molecule is Cc1cc2c3c(c1)N(c1c(C)cc(-c4coc5ccccc45)cc1C)c1c(sc4ccc(C(C)(C)C)cc14)B3c1ccc(-c3cc4ccccc4o3)cc1N2c1c(C)cc(C(C)(C)C)cc1C. The zero-order chi connectivity index (χ0) is 46.4. The Balaban J connectivity index is 1.17. The highest BCUT2D eigenvalue weighted by Crippen LogP contribution is 2.52.